The molecule has 1 amide bonds. The Morgan fingerprint density at radius 3 is 2.54 bits per heavy atom. The van der Waals surface area contributed by atoms with E-state index in [1.165, 1.54) is 11.8 Å². The van der Waals surface area contributed by atoms with Gasteiger partial charge in [0.05, 0.1) is 17.7 Å². The number of thioether (sulfide) groups is 1. The van der Waals surface area contributed by atoms with Crippen LogP contribution in [0.5, 0.6) is 5.75 Å². The number of carbonyl (C=O) groups excluding carboxylic acids is 1. The van der Waals surface area contributed by atoms with Crippen LogP contribution in [0.15, 0.2) is 79.5 Å². The van der Waals surface area contributed by atoms with Crippen molar-refractivity contribution in [1.29, 1.82) is 0 Å². The van der Waals surface area contributed by atoms with E-state index in [0.29, 0.717) is 15.8 Å². The maximum atomic E-state index is 12.2. The van der Waals surface area contributed by atoms with E-state index >= 15 is 0 Å². The molecule has 0 saturated carbocycles. The van der Waals surface area contributed by atoms with E-state index in [-0.39, 0.29) is 5.91 Å². The van der Waals surface area contributed by atoms with Crippen molar-refractivity contribution in [2.45, 2.75) is 0 Å². The predicted molar refractivity (Wildman–Crippen MR) is 116 cm³/mol. The summed E-state index contributed by atoms with van der Waals surface area (Å²) < 4.78 is 12.0. The van der Waals surface area contributed by atoms with E-state index in [1.54, 1.807) is 13.2 Å². The average molecular weight is 455 g/mol. The second kappa shape index (κ2) is 8.08. The molecule has 4 rings (SSSR count). The molecular formula is C21H15BrN2O3S. The maximum Gasteiger partial charge on any atom is 0.264 e. The van der Waals surface area contributed by atoms with Gasteiger partial charge in [-0.3, -0.25) is 4.79 Å². The van der Waals surface area contributed by atoms with Crippen LogP contribution < -0.4 is 10.1 Å². The van der Waals surface area contributed by atoms with Crippen LogP contribution >= 0.6 is 27.7 Å². The van der Waals surface area contributed by atoms with Gasteiger partial charge in [0, 0.05) is 16.1 Å². The van der Waals surface area contributed by atoms with Crippen LogP contribution in [0, 0.1) is 0 Å². The van der Waals surface area contributed by atoms with Crippen molar-refractivity contribution in [2.24, 2.45) is 4.99 Å². The summed E-state index contributed by atoms with van der Waals surface area (Å²) in [4.78, 5) is 17.2. The van der Waals surface area contributed by atoms with Crippen LogP contribution in [0.25, 0.3) is 17.4 Å². The quantitative estimate of drug-likeness (QED) is 0.520. The number of methoxy groups -OCH3 is 1. The lowest BCUT2D eigenvalue weighted by Gasteiger charge is -1.99. The van der Waals surface area contributed by atoms with Gasteiger partial charge >= 0.3 is 0 Å². The summed E-state index contributed by atoms with van der Waals surface area (Å²) in [6.45, 7) is 0. The Hall–Kier alpha value is -2.77. The normalized spacial score (nSPS) is 16.6. The van der Waals surface area contributed by atoms with Gasteiger partial charge in [0.1, 0.15) is 17.3 Å². The largest absolute Gasteiger partial charge is 0.497 e. The Morgan fingerprint density at radius 2 is 1.82 bits per heavy atom. The number of hydrogen-bond donors (Lipinski definition) is 1. The molecule has 7 heteroatoms. The zero-order chi connectivity index (χ0) is 19.5. The summed E-state index contributed by atoms with van der Waals surface area (Å²) >= 11 is 4.70. The molecule has 2 heterocycles. The smallest absolute Gasteiger partial charge is 0.264 e. The number of amides is 1. The number of nitrogens with one attached hydrogen (secondary N) is 1. The number of furan rings is 1. The van der Waals surface area contributed by atoms with Gasteiger partial charge in [-0.25, -0.2) is 4.99 Å². The van der Waals surface area contributed by atoms with Gasteiger partial charge in [-0.15, -0.1) is 0 Å². The fourth-order valence-corrected chi connectivity index (χ4v) is 3.67. The summed E-state index contributed by atoms with van der Waals surface area (Å²) in [5.74, 6) is 1.92. The Kier molecular flexibility index (Phi) is 5.36. The number of nitrogens with zero attached hydrogens (tertiary/aromatic N) is 1. The van der Waals surface area contributed by atoms with Crippen LogP contribution in [0.2, 0.25) is 0 Å². The minimum absolute atomic E-state index is 0.196. The van der Waals surface area contributed by atoms with Crippen LogP contribution in [-0.4, -0.2) is 18.2 Å². The van der Waals surface area contributed by atoms with Crippen LogP contribution in [0.4, 0.5) is 5.69 Å². The molecule has 0 unspecified atom stereocenters. The van der Waals surface area contributed by atoms with E-state index in [1.807, 2.05) is 60.7 Å². The second-order valence-electron chi connectivity index (χ2n) is 5.89. The number of rotatable bonds is 4. The summed E-state index contributed by atoms with van der Waals surface area (Å²) in [5.41, 5.74) is 1.71. The lowest BCUT2D eigenvalue weighted by atomic mass is 10.2. The number of benzene rings is 2. The summed E-state index contributed by atoms with van der Waals surface area (Å²) in [5, 5.41) is 3.30. The third kappa shape index (κ3) is 4.21. The number of ether oxygens (including phenoxy) is 1. The van der Waals surface area contributed by atoms with Crippen molar-refractivity contribution in [3.8, 4) is 17.1 Å². The molecule has 0 spiro atoms. The van der Waals surface area contributed by atoms with E-state index in [2.05, 4.69) is 26.2 Å². The SMILES string of the molecule is COc1ccc(N=C2NC(=O)/C(=C/c3ccc(-c4ccc(Br)cc4)o3)S2)cc1. The topological polar surface area (TPSA) is 63.8 Å². The third-order valence-corrected chi connectivity index (χ3v) is 5.42. The number of halogens is 1. The third-order valence-electron chi connectivity index (χ3n) is 3.98. The highest BCUT2D eigenvalue weighted by Crippen LogP contribution is 2.30. The first-order valence-electron chi connectivity index (χ1n) is 8.40. The standard InChI is InChI=1S/C21H15BrN2O3S/c1-26-16-8-6-15(7-9-16)23-21-24-20(25)19(28-21)12-17-10-11-18(27-17)13-2-4-14(22)5-3-13/h2-12H,1H3,(H,23,24,25)/b19-12-. The van der Waals surface area contributed by atoms with Gasteiger partial charge in [0.2, 0.25) is 0 Å². The Morgan fingerprint density at radius 1 is 1.07 bits per heavy atom. The molecule has 1 aliphatic rings. The van der Waals surface area contributed by atoms with Crippen molar-refractivity contribution in [2.75, 3.05) is 7.11 Å². The van der Waals surface area contributed by atoms with Gasteiger partial charge in [-0.05, 0) is 60.3 Å². The highest BCUT2D eigenvalue weighted by atomic mass is 79.9. The first-order valence-corrected chi connectivity index (χ1v) is 10.0. The van der Waals surface area contributed by atoms with Crippen molar-refractivity contribution in [3.63, 3.8) is 0 Å². The molecule has 0 atom stereocenters. The van der Waals surface area contributed by atoms with E-state index in [9.17, 15) is 4.79 Å². The fraction of sp³-hybridized carbons (Fsp3) is 0.0476. The molecule has 1 aliphatic heterocycles. The highest BCUT2D eigenvalue weighted by Gasteiger charge is 2.24. The minimum Gasteiger partial charge on any atom is -0.497 e. The molecule has 140 valence electrons. The summed E-state index contributed by atoms with van der Waals surface area (Å²) in [6, 6.07) is 18.9. The lowest BCUT2D eigenvalue weighted by Crippen LogP contribution is -2.19. The Labute approximate surface area is 174 Å². The van der Waals surface area contributed by atoms with Gasteiger partial charge < -0.3 is 14.5 Å². The molecule has 28 heavy (non-hydrogen) atoms. The van der Waals surface area contributed by atoms with Crippen LogP contribution in [0.3, 0.4) is 0 Å². The zero-order valence-corrected chi connectivity index (χ0v) is 17.2. The van der Waals surface area contributed by atoms with Gasteiger partial charge in [-0.2, -0.15) is 0 Å². The van der Waals surface area contributed by atoms with Crippen LogP contribution in [-0.2, 0) is 4.79 Å². The first-order chi connectivity index (χ1) is 13.6. The number of aliphatic imine (C=N–C) groups is 1. The van der Waals surface area contributed by atoms with E-state index in [0.717, 1.165) is 27.2 Å². The van der Waals surface area contributed by atoms with E-state index in [4.69, 9.17) is 9.15 Å². The number of amidine groups is 1. The molecule has 0 aliphatic carbocycles. The fourth-order valence-electron chi connectivity index (χ4n) is 2.58. The monoisotopic (exact) mass is 454 g/mol. The number of hydrogen-bond acceptors (Lipinski definition) is 5. The molecule has 2 aromatic carbocycles. The molecule has 1 saturated heterocycles. The summed E-state index contributed by atoms with van der Waals surface area (Å²) in [6.07, 6.45) is 1.72. The predicted octanol–water partition coefficient (Wildman–Crippen LogP) is 5.61. The molecule has 1 N–H and O–H groups in total. The van der Waals surface area contributed by atoms with Gasteiger partial charge in [0.25, 0.3) is 5.91 Å². The molecule has 1 aromatic heterocycles. The van der Waals surface area contributed by atoms with Crippen molar-refractivity contribution >= 4 is 50.5 Å². The molecule has 3 aromatic rings. The Bertz CT molecular complexity index is 1070. The molecular weight excluding hydrogens is 440 g/mol. The van der Waals surface area contributed by atoms with Gasteiger partial charge in [-0.1, -0.05) is 28.1 Å². The van der Waals surface area contributed by atoms with Crippen molar-refractivity contribution in [1.82, 2.24) is 5.32 Å². The first kappa shape index (κ1) is 18.6. The van der Waals surface area contributed by atoms with Crippen molar-refractivity contribution < 1.29 is 13.9 Å². The molecule has 5 nitrogen and oxygen atoms in total. The van der Waals surface area contributed by atoms with Crippen LogP contribution in [0.1, 0.15) is 5.76 Å². The van der Waals surface area contributed by atoms with Gasteiger partial charge in [0.15, 0.2) is 5.17 Å². The molecule has 0 radical (unpaired) electrons. The average Bonchev–Trinajstić information content (AvgIpc) is 3.30. The molecule has 0 bridgehead atoms. The second-order valence-corrected chi connectivity index (χ2v) is 7.83. The number of carbonyl (C=O) groups is 1. The Balaban J connectivity index is 1.51. The minimum atomic E-state index is -0.196. The summed E-state index contributed by atoms with van der Waals surface area (Å²) in [7, 11) is 1.61. The zero-order valence-electron chi connectivity index (χ0n) is 14.8. The highest BCUT2D eigenvalue weighted by molar-refractivity contribution is 9.10. The maximum absolute atomic E-state index is 12.2. The lowest BCUT2D eigenvalue weighted by molar-refractivity contribution is -0.115. The van der Waals surface area contributed by atoms with E-state index < -0.39 is 0 Å². The van der Waals surface area contributed by atoms with Crippen molar-refractivity contribution in [3.05, 3.63) is 75.8 Å². The molecule has 1 fully saturated rings.